The molecule has 0 saturated carbocycles. The summed E-state index contributed by atoms with van der Waals surface area (Å²) in [6.07, 6.45) is 7.64. The van der Waals surface area contributed by atoms with Gasteiger partial charge in [0.2, 0.25) is 0 Å². The summed E-state index contributed by atoms with van der Waals surface area (Å²) in [4.78, 5) is 8.95. The molecule has 4 heteroatoms. The van der Waals surface area contributed by atoms with Gasteiger partial charge in [0.15, 0.2) is 0 Å². The molecule has 1 unspecified atom stereocenters. The molecule has 21 heavy (non-hydrogen) atoms. The normalized spacial score (nSPS) is 12.7. The van der Waals surface area contributed by atoms with E-state index in [2.05, 4.69) is 44.1 Å². The molecule has 0 saturated heterocycles. The third-order valence-corrected chi connectivity index (χ3v) is 3.97. The summed E-state index contributed by atoms with van der Waals surface area (Å²) >= 11 is 0. The first kappa shape index (κ1) is 13.8. The summed E-state index contributed by atoms with van der Waals surface area (Å²) in [6.45, 7) is 0. The van der Waals surface area contributed by atoms with E-state index in [0.717, 1.165) is 24.2 Å². The SMILES string of the molecule is CNC(CCc1nccn1C)c1cccc2cccnc12. The van der Waals surface area contributed by atoms with Gasteiger partial charge in [-0.1, -0.05) is 24.3 Å². The minimum atomic E-state index is 0.278. The fraction of sp³-hybridized carbons (Fsp3) is 0.294. The number of fused-ring (bicyclic) bond motifs is 1. The summed E-state index contributed by atoms with van der Waals surface area (Å²) in [7, 11) is 4.04. The van der Waals surface area contributed by atoms with Gasteiger partial charge in [-0.25, -0.2) is 4.98 Å². The fourth-order valence-corrected chi connectivity index (χ4v) is 2.78. The molecule has 2 heterocycles. The van der Waals surface area contributed by atoms with E-state index in [1.807, 2.05) is 38.8 Å². The second kappa shape index (κ2) is 6.06. The third-order valence-electron chi connectivity index (χ3n) is 3.97. The average molecular weight is 280 g/mol. The predicted octanol–water partition coefficient (Wildman–Crippen LogP) is 2.86. The third kappa shape index (κ3) is 2.81. The molecule has 3 rings (SSSR count). The highest BCUT2D eigenvalue weighted by atomic mass is 15.0. The zero-order valence-electron chi connectivity index (χ0n) is 12.5. The Balaban J connectivity index is 1.86. The largest absolute Gasteiger partial charge is 0.338 e. The van der Waals surface area contributed by atoms with Gasteiger partial charge in [0.1, 0.15) is 5.82 Å². The predicted molar refractivity (Wildman–Crippen MR) is 85.1 cm³/mol. The monoisotopic (exact) mass is 280 g/mol. The molecule has 2 aromatic heterocycles. The Bertz CT molecular complexity index is 727. The van der Waals surface area contributed by atoms with E-state index in [-0.39, 0.29) is 6.04 Å². The number of benzene rings is 1. The van der Waals surface area contributed by atoms with Crippen LogP contribution in [0.4, 0.5) is 0 Å². The van der Waals surface area contributed by atoms with Crippen molar-refractivity contribution in [2.45, 2.75) is 18.9 Å². The molecule has 3 aromatic rings. The van der Waals surface area contributed by atoms with Crippen molar-refractivity contribution >= 4 is 10.9 Å². The molecule has 0 amide bonds. The van der Waals surface area contributed by atoms with Crippen molar-refractivity contribution in [1.29, 1.82) is 0 Å². The molecule has 0 fully saturated rings. The van der Waals surface area contributed by atoms with Crippen LogP contribution in [0, 0.1) is 0 Å². The van der Waals surface area contributed by atoms with Gasteiger partial charge < -0.3 is 9.88 Å². The molecule has 1 atom stereocenters. The number of nitrogens with one attached hydrogen (secondary N) is 1. The second-order valence-corrected chi connectivity index (χ2v) is 5.26. The number of rotatable bonds is 5. The number of hydrogen-bond donors (Lipinski definition) is 1. The number of aromatic nitrogens is 3. The van der Waals surface area contributed by atoms with E-state index in [1.165, 1.54) is 10.9 Å². The first-order valence-electron chi connectivity index (χ1n) is 7.26. The lowest BCUT2D eigenvalue weighted by Crippen LogP contribution is -2.18. The van der Waals surface area contributed by atoms with E-state index in [0.29, 0.717) is 0 Å². The van der Waals surface area contributed by atoms with E-state index in [1.54, 1.807) is 0 Å². The lowest BCUT2D eigenvalue weighted by molar-refractivity contribution is 0.538. The minimum absolute atomic E-state index is 0.278. The molecule has 1 aromatic carbocycles. The van der Waals surface area contributed by atoms with E-state index < -0.39 is 0 Å². The molecular formula is C17H20N4. The smallest absolute Gasteiger partial charge is 0.108 e. The summed E-state index contributed by atoms with van der Waals surface area (Å²) in [5.74, 6) is 1.11. The Morgan fingerprint density at radius 1 is 1.14 bits per heavy atom. The van der Waals surface area contributed by atoms with Crippen molar-refractivity contribution in [1.82, 2.24) is 19.9 Å². The zero-order valence-corrected chi connectivity index (χ0v) is 12.5. The molecule has 4 nitrogen and oxygen atoms in total. The van der Waals surface area contributed by atoms with Crippen LogP contribution in [-0.2, 0) is 13.5 Å². The van der Waals surface area contributed by atoms with Crippen molar-refractivity contribution in [3.8, 4) is 0 Å². The zero-order chi connectivity index (χ0) is 14.7. The highest BCUT2D eigenvalue weighted by molar-refractivity contribution is 5.81. The van der Waals surface area contributed by atoms with E-state index in [4.69, 9.17) is 0 Å². The highest BCUT2D eigenvalue weighted by Crippen LogP contribution is 2.25. The van der Waals surface area contributed by atoms with E-state index >= 15 is 0 Å². The molecule has 0 aliphatic carbocycles. The Labute approximate surface area is 124 Å². The van der Waals surface area contributed by atoms with Crippen molar-refractivity contribution in [3.05, 3.63) is 60.3 Å². The Morgan fingerprint density at radius 3 is 2.76 bits per heavy atom. The molecule has 1 N–H and O–H groups in total. The van der Waals surface area contributed by atoms with Crippen LogP contribution < -0.4 is 5.32 Å². The highest BCUT2D eigenvalue weighted by Gasteiger charge is 2.14. The number of hydrogen-bond acceptors (Lipinski definition) is 3. The Kier molecular flexibility index (Phi) is 3.97. The number of imidazole rings is 1. The number of para-hydroxylation sites is 1. The summed E-state index contributed by atoms with van der Waals surface area (Å²) < 4.78 is 2.08. The van der Waals surface area contributed by atoms with Crippen LogP contribution in [-0.4, -0.2) is 21.6 Å². The maximum absolute atomic E-state index is 4.55. The number of nitrogens with zero attached hydrogens (tertiary/aromatic N) is 3. The van der Waals surface area contributed by atoms with Crippen molar-refractivity contribution < 1.29 is 0 Å². The molecule has 0 aliphatic rings. The number of pyridine rings is 1. The van der Waals surface area contributed by atoms with E-state index in [9.17, 15) is 0 Å². The van der Waals surface area contributed by atoms with Crippen LogP contribution in [0.25, 0.3) is 10.9 Å². The second-order valence-electron chi connectivity index (χ2n) is 5.26. The summed E-state index contributed by atoms with van der Waals surface area (Å²) in [6, 6.07) is 10.7. The first-order chi connectivity index (χ1) is 10.3. The minimum Gasteiger partial charge on any atom is -0.338 e. The van der Waals surface area contributed by atoms with Gasteiger partial charge in [-0.15, -0.1) is 0 Å². The molecule has 0 radical (unpaired) electrons. The Morgan fingerprint density at radius 2 is 2.00 bits per heavy atom. The van der Waals surface area contributed by atoms with Crippen LogP contribution >= 0.6 is 0 Å². The quantitative estimate of drug-likeness (QED) is 0.781. The van der Waals surface area contributed by atoms with Gasteiger partial charge in [0.25, 0.3) is 0 Å². The van der Waals surface area contributed by atoms with Gasteiger partial charge in [-0.2, -0.15) is 0 Å². The molecule has 108 valence electrons. The maximum atomic E-state index is 4.55. The molecule has 0 bridgehead atoms. The molecular weight excluding hydrogens is 260 g/mol. The van der Waals surface area contributed by atoms with Crippen molar-refractivity contribution in [2.75, 3.05) is 7.05 Å². The van der Waals surface area contributed by atoms with Gasteiger partial charge in [-0.05, 0) is 25.1 Å². The fourth-order valence-electron chi connectivity index (χ4n) is 2.78. The van der Waals surface area contributed by atoms with Gasteiger partial charge in [0.05, 0.1) is 5.52 Å². The van der Waals surface area contributed by atoms with Gasteiger partial charge in [-0.3, -0.25) is 4.98 Å². The van der Waals surface area contributed by atoms with Crippen LogP contribution in [0.3, 0.4) is 0 Å². The lowest BCUT2D eigenvalue weighted by atomic mass is 9.99. The van der Waals surface area contributed by atoms with Crippen LogP contribution in [0.1, 0.15) is 23.9 Å². The van der Waals surface area contributed by atoms with Crippen molar-refractivity contribution in [2.24, 2.45) is 7.05 Å². The maximum Gasteiger partial charge on any atom is 0.108 e. The van der Waals surface area contributed by atoms with Crippen LogP contribution in [0.2, 0.25) is 0 Å². The molecule has 0 aliphatic heterocycles. The van der Waals surface area contributed by atoms with Crippen LogP contribution in [0.5, 0.6) is 0 Å². The standard InChI is InChI=1S/C17H20N4/c1-18-15(8-9-16-19-11-12-21(16)2)14-7-3-5-13-6-4-10-20-17(13)14/h3-7,10-12,15,18H,8-9H2,1-2H3. The summed E-state index contributed by atoms with van der Waals surface area (Å²) in [5.41, 5.74) is 2.34. The Hall–Kier alpha value is -2.20. The van der Waals surface area contributed by atoms with Crippen LogP contribution in [0.15, 0.2) is 48.9 Å². The van der Waals surface area contributed by atoms with Crippen molar-refractivity contribution in [3.63, 3.8) is 0 Å². The van der Waals surface area contributed by atoms with Gasteiger partial charge >= 0.3 is 0 Å². The summed E-state index contributed by atoms with van der Waals surface area (Å²) in [5, 5.41) is 4.60. The topological polar surface area (TPSA) is 42.7 Å². The first-order valence-corrected chi connectivity index (χ1v) is 7.26. The molecule has 0 spiro atoms. The average Bonchev–Trinajstić information content (AvgIpc) is 2.93. The van der Waals surface area contributed by atoms with Gasteiger partial charge in [0, 0.05) is 43.5 Å². The number of aryl methyl sites for hydroxylation is 2. The lowest BCUT2D eigenvalue weighted by Gasteiger charge is -2.18.